The van der Waals surface area contributed by atoms with Crippen LogP contribution in [0.5, 0.6) is 0 Å². The lowest BCUT2D eigenvalue weighted by Gasteiger charge is -2.26. The second-order valence-corrected chi connectivity index (χ2v) is 6.28. The van der Waals surface area contributed by atoms with Crippen LogP contribution in [0.1, 0.15) is 36.4 Å². The van der Waals surface area contributed by atoms with Crippen LogP contribution in [0.25, 0.3) is 0 Å². The molecular formula is C14H22N2O2S. The summed E-state index contributed by atoms with van der Waals surface area (Å²) in [6, 6.07) is 4.15. The van der Waals surface area contributed by atoms with E-state index in [1.165, 1.54) is 11.3 Å². The van der Waals surface area contributed by atoms with Gasteiger partial charge in [0.15, 0.2) is 0 Å². The Hall–Kier alpha value is -0.910. The number of ether oxygens (including phenoxy) is 1. The first-order valence-electron chi connectivity index (χ1n) is 6.78. The van der Waals surface area contributed by atoms with E-state index in [-0.39, 0.29) is 11.5 Å². The van der Waals surface area contributed by atoms with Crippen molar-refractivity contribution < 1.29 is 9.53 Å². The lowest BCUT2D eigenvalue weighted by molar-refractivity contribution is 0.0217. The third kappa shape index (κ3) is 4.03. The van der Waals surface area contributed by atoms with Gasteiger partial charge in [-0.3, -0.25) is 4.79 Å². The van der Waals surface area contributed by atoms with E-state index in [1.54, 1.807) is 0 Å². The molecule has 0 spiro atoms. The maximum Gasteiger partial charge on any atom is 0.261 e. The normalized spacial score (nSPS) is 21.5. The SMILES string of the molecule is CC1(C)OCCC1NCCCNC(=O)c1cccs1. The smallest absolute Gasteiger partial charge is 0.261 e. The number of carbonyl (C=O) groups is 1. The van der Waals surface area contributed by atoms with Crippen LogP contribution in [0, 0.1) is 0 Å². The zero-order chi connectivity index (χ0) is 13.7. The van der Waals surface area contributed by atoms with Crippen LogP contribution >= 0.6 is 11.3 Å². The van der Waals surface area contributed by atoms with Crippen molar-refractivity contribution in [1.82, 2.24) is 10.6 Å². The molecule has 0 aromatic carbocycles. The molecule has 0 radical (unpaired) electrons. The third-order valence-corrected chi connectivity index (χ3v) is 4.36. The van der Waals surface area contributed by atoms with Gasteiger partial charge in [-0.1, -0.05) is 6.07 Å². The van der Waals surface area contributed by atoms with Gasteiger partial charge in [0.2, 0.25) is 0 Å². The van der Waals surface area contributed by atoms with Crippen molar-refractivity contribution in [3.05, 3.63) is 22.4 Å². The highest BCUT2D eigenvalue weighted by atomic mass is 32.1. The standard InChI is InChI=1S/C14H22N2O2S/c1-14(2)12(6-9-18-14)15-7-4-8-16-13(17)11-5-3-10-19-11/h3,5,10,12,15H,4,6-9H2,1-2H3,(H,16,17). The Labute approximate surface area is 118 Å². The minimum Gasteiger partial charge on any atom is -0.374 e. The molecule has 0 aliphatic carbocycles. The van der Waals surface area contributed by atoms with E-state index in [0.717, 1.165) is 30.9 Å². The molecule has 1 aliphatic heterocycles. The average molecular weight is 282 g/mol. The van der Waals surface area contributed by atoms with Crippen molar-refractivity contribution in [3.8, 4) is 0 Å². The first-order chi connectivity index (χ1) is 9.09. The van der Waals surface area contributed by atoms with Crippen LogP contribution in [0.4, 0.5) is 0 Å². The summed E-state index contributed by atoms with van der Waals surface area (Å²) in [6.45, 7) is 6.69. The average Bonchev–Trinajstić information content (AvgIpc) is 2.98. The van der Waals surface area contributed by atoms with Gasteiger partial charge < -0.3 is 15.4 Å². The maximum atomic E-state index is 11.7. The Balaban J connectivity index is 1.59. The van der Waals surface area contributed by atoms with E-state index < -0.39 is 0 Å². The van der Waals surface area contributed by atoms with Crippen molar-refractivity contribution in [3.63, 3.8) is 0 Å². The fraction of sp³-hybridized carbons (Fsp3) is 0.643. The molecule has 2 N–H and O–H groups in total. The molecule has 0 saturated carbocycles. The molecule has 2 rings (SSSR count). The number of hydrogen-bond acceptors (Lipinski definition) is 4. The van der Waals surface area contributed by atoms with Gasteiger partial charge in [-0.15, -0.1) is 11.3 Å². The molecule has 0 bridgehead atoms. The van der Waals surface area contributed by atoms with Crippen LogP contribution in [0.3, 0.4) is 0 Å². The molecule has 1 unspecified atom stereocenters. The van der Waals surface area contributed by atoms with E-state index in [9.17, 15) is 4.79 Å². The fourth-order valence-corrected chi connectivity index (χ4v) is 2.94. The second kappa shape index (κ2) is 6.50. The van der Waals surface area contributed by atoms with Crippen molar-refractivity contribution >= 4 is 17.2 Å². The predicted octanol–water partition coefficient (Wildman–Crippen LogP) is 2.03. The number of carbonyl (C=O) groups excluding carboxylic acids is 1. The summed E-state index contributed by atoms with van der Waals surface area (Å²) in [5.41, 5.74) is -0.0692. The Morgan fingerprint density at radius 2 is 2.37 bits per heavy atom. The summed E-state index contributed by atoms with van der Waals surface area (Å²) in [5.74, 6) is 0.0273. The van der Waals surface area contributed by atoms with Gasteiger partial charge in [-0.25, -0.2) is 0 Å². The zero-order valence-electron chi connectivity index (χ0n) is 11.6. The number of amides is 1. The van der Waals surface area contributed by atoms with Gasteiger partial charge in [0, 0.05) is 19.2 Å². The van der Waals surface area contributed by atoms with Crippen molar-refractivity contribution in [1.29, 1.82) is 0 Å². The van der Waals surface area contributed by atoms with Crippen molar-refractivity contribution in [2.75, 3.05) is 19.7 Å². The summed E-state index contributed by atoms with van der Waals surface area (Å²) in [4.78, 5) is 12.5. The van der Waals surface area contributed by atoms with Crippen molar-refractivity contribution in [2.45, 2.75) is 38.3 Å². The summed E-state index contributed by atoms with van der Waals surface area (Å²) in [7, 11) is 0. The Kier molecular flexibility index (Phi) is 4.96. The number of hydrogen-bond donors (Lipinski definition) is 2. The van der Waals surface area contributed by atoms with E-state index in [1.807, 2.05) is 17.5 Å². The van der Waals surface area contributed by atoms with E-state index in [2.05, 4.69) is 24.5 Å². The molecule has 2 heterocycles. The molecule has 5 heteroatoms. The third-order valence-electron chi connectivity index (χ3n) is 3.49. The number of nitrogens with one attached hydrogen (secondary N) is 2. The Bertz CT molecular complexity index is 404. The quantitative estimate of drug-likeness (QED) is 0.785. The van der Waals surface area contributed by atoms with Crippen LogP contribution in [0.2, 0.25) is 0 Å². The molecule has 1 aliphatic rings. The van der Waals surface area contributed by atoms with Gasteiger partial charge in [0.05, 0.1) is 10.5 Å². The molecular weight excluding hydrogens is 260 g/mol. The largest absolute Gasteiger partial charge is 0.374 e. The first kappa shape index (κ1) is 14.5. The molecule has 1 saturated heterocycles. The lowest BCUT2D eigenvalue weighted by atomic mass is 9.99. The summed E-state index contributed by atoms with van der Waals surface area (Å²) in [6.07, 6.45) is 2.00. The number of rotatable bonds is 6. The highest BCUT2D eigenvalue weighted by Gasteiger charge is 2.34. The molecule has 1 atom stereocenters. The Morgan fingerprint density at radius 3 is 3.00 bits per heavy atom. The highest BCUT2D eigenvalue weighted by molar-refractivity contribution is 7.12. The summed E-state index contributed by atoms with van der Waals surface area (Å²) in [5, 5.41) is 8.35. The topological polar surface area (TPSA) is 50.4 Å². The second-order valence-electron chi connectivity index (χ2n) is 5.33. The van der Waals surface area contributed by atoms with E-state index in [4.69, 9.17) is 4.74 Å². The highest BCUT2D eigenvalue weighted by Crippen LogP contribution is 2.24. The summed E-state index contributed by atoms with van der Waals surface area (Å²) < 4.78 is 5.67. The molecule has 19 heavy (non-hydrogen) atoms. The maximum absolute atomic E-state index is 11.7. The minimum absolute atomic E-state index is 0.0273. The van der Waals surface area contributed by atoms with Gasteiger partial charge in [0.25, 0.3) is 5.91 Å². The van der Waals surface area contributed by atoms with Gasteiger partial charge >= 0.3 is 0 Å². The van der Waals surface area contributed by atoms with Crippen molar-refractivity contribution in [2.24, 2.45) is 0 Å². The van der Waals surface area contributed by atoms with Crippen LogP contribution in [-0.2, 0) is 4.74 Å². The van der Waals surface area contributed by atoms with Crippen LogP contribution in [0.15, 0.2) is 17.5 Å². The van der Waals surface area contributed by atoms with Crippen LogP contribution in [-0.4, -0.2) is 37.2 Å². The number of thiophene rings is 1. The van der Waals surface area contributed by atoms with Gasteiger partial charge in [-0.2, -0.15) is 0 Å². The lowest BCUT2D eigenvalue weighted by Crippen LogP contribution is -2.44. The van der Waals surface area contributed by atoms with Gasteiger partial charge in [0.1, 0.15) is 0 Å². The molecule has 1 amide bonds. The van der Waals surface area contributed by atoms with Gasteiger partial charge in [-0.05, 0) is 44.7 Å². The van der Waals surface area contributed by atoms with E-state index >= 15 is 0 Å². The Morgan fingerprint density at radius 1 is 1.53 bits per heavy atom. The zero-order valence-corrected chi connectivity index (χ0v) is 12.4. The predicted molar refractivity (Wildman–Crippen MR) is 77.7 cm³/mol. The summed E-state index contributed by atoms with van der Waals surface area (Å²) >= 11 is 1.47. The van der Waals surface area contributed by atoms with Crippen LogP contribution < -0.4 is 10.6 Å². The monoisotopic (exact) mass is 282 g/mol. The molecule has 4 nitrogen and oxygen atoms in total. The molecule has 1 aromatic rings. The first-order valence-corrected chi connectivity index (χ1v) is 7.66. The fourth-order valence-electron chi connectivity index (χ4n) is 2.30. The molecule has 1 fully saturated rings. The molecule has 106 valence electrons. The van der Waals surface area contributed by atoms with E-state index in [0.29, 0.717) is 12.6 Å². The minimum atomic E-state index is -0.0692. The molecule has 1 aromatic heterocycles.